The average molecular weight is 413 g/mol. The van der Waals surface area contributed by atoms with Gasteiger partial charge in [-0.2, -0.15) is 0 Å². The smallest absolute Gasteiger partial charge is 0.268 e. The summed E-state index contributed by atoms with van der Waals surface area (Å²) in [6, 6.07) is 13.8. The third kappa shape index (κ3) is 3.32. The Morgan fingerprint density at radius 1 is 1.10 bits per heavy atom. The monoisotopic (exact) mass is 413 g/mol. The third-order valence-corrected chi connectivity index (χ3v) is 5.71. The maximum absolute atomic E-state index is 14.6. The Morgan fingerprint density at radius 3 is 2.74 bits per heavy atom. The summed E-state index contributed by atoms with van der Waals surface area (Å²) in [5.74, 6) is 0.641. The van der Waals surface area contributed by atoms with E-state index >= 15 is 0 Å². The van der Waals surface area contributed by atoms with E-state index in [2.05, 4.69) is 21.9 Å². The predicted octanol–water partition coefficient (Wildman–Crippen LogP) is 4.31. The van der Waals surface area contributed by atoms with Gasteiger partial charge in [0.05, 0.1) is 16.9 Å². The lowest BCUT2D eigenvalue weighted by Crippen LogP contribution is -2.27. The Bertz CT molecular complexity index is 1360. The second-order valence-corrected chi connectivity index (χ2v) is 7.53. The van der Waals surface area contributed by atoms with E-state index in [1.807, 2.05) is 36.5 Å². The highest BCUT2D eigenvalue weighted by Crippen LogP contribution is 2.30. The van der Waals surface area contributed by atoms with E-state index in [1.165, 1.54) is 17.0 Å². The molecule has 3 heterocycles. The molecule has 0 unspecified atom stereocenters. The zero-order valence-electron chi connectivity index (χ0n) is 17.0. The molecule has 0 aliphatic carbocycles. The minimum atomic E-state index is -0.565. The molecular formula is C24H20FN5O. The summed E-state index contributed by atoms with van der Waals surface area (Å²) in [5, 5.41) is 0.00119. The van der Waals surface area contributed by atoms with Crippen LogP contribution in [-0.2, 0) is 12.8 Å². The van der Waals surface area contributed by atoms with Gasteiger partial charge in [0.2, 0.25) is 0 Å². The number of rotatable bonds is 5. The van der Waals surface area contributed by atoms with Crippen molar-refractivity contribution in [3.8, 4) is 5.69 Å². The van der Waals surface area contributed by atoms with Gasteiger partial charge in [0, 0.05) is 30.5 Å². The lowest BCUT2D eigenvalue weighted by Gasteiger charge is -2.21. The van der Waals surface area contributed by atoms with Crippen molar-refractivity contribution in [2.75, 3.05) is 0 Å². The molecule has 6 nitrogen and oxygen atoms in total. The maximum Gasteiger partial charge on any atom is 0.268 e. The normalized spacial score (nSPS) is 13.5. The zero-order valence-corrected chi connectivity index (χ0v) is 17.0. The van der Waals surface area contributed by atoms with Crippen molar-refractivity contribution in [3.05, 3.63) is 88.1 Å². The largest absolute Gasteiger partial charge is 0.268 e. The minimum absolute atomic E-state index is 0.00119. The van der Waals surface area contributed by atoms with E-state index in [1.54, 1.807) is 12.1 Å². The Hall–Kier alpha value is -3.74. The number of nitrogens with zero attached hydrogens (tertiary/aromatic N) is 5. The summed E-state index contributed by atoms with van der Waals surface area (Å²) < 4.78 is 16.1. The molecule has 0 radical (unpaired) electrons. The van der Waals surface area contributed by atoms with Gasteiger partial charge in [0.1, 0.15) is 23.4 Å². The second kappa shape index (κ2) is 7.83. The summed E-state index contributed by atoms with van der Waals surface area (Å²) in [6.45, 7) is 2.06. The molecule has 0 bridgehead atoms. The predicted molar refractivity (Wildman–Crippen MR) is 118 cm³/mol. The number of aromatic nitrogens is 4. The van der Waals surface area contributed by atoms with Crippen LogP contribution in [0.4, 0.5) is 10.2 Å². The molecule has 1 atom stereocenters. The van der Waals surface area contributed by atoms with Gasteiger partial charge in [0.15, 0.2) is 5.82 Å². The summed E-state index contributed by atoms with van der Waals surface area (Å²) in [4.78, 5) is 31.3. The fourth-order valence-corrected chi connectivity index (χ4v) is 4.12. The Morgan fingerprint density at radius 2 is 1.94 bits per heavy atom. The molecular weight excluding hydrogens is 393 g/mol. The van der Waals surface area contributed by atoms with Crippen molar-refractivity contribution in [1.29, 1.82) is 0 Å². The molecule has 0 spiro atoms. The van der Waals surface area contributed by atoms with Crippen molar-refractivity contribution < 1.29 is 4.39 Å². The van der Waals surface area contributed by atoms with Crippen LogP contribution >= 0.6 is 0 Å². The van der Waals surface area contributed by atoms with Gasteiger partial charge >= 0.3 is 0 Å². The summed E-state index contributed by atoms with van der Waals surface area (Å²) in [5.41, 5.74) is 2.54. The number of benzene rings is 2. The first-order valence-corrected chi connectivity index (χ1v) is 10.3. The van der Waals surface area contributed by atoms with E-state index in [0.29, 0.717) is 35.7 Å². The van der Waals surface area contributed by atoms with Crippen LogP contribution in [0.3, 0.4) is 0 Å². The first kappa shape index (κ1) is 19.2. The summed E-state index contributed by atoms with van der Waals surface area (Å²) in [6.07, 6.45) is 5.38. The quantitative estimate of drug-likeness (QED) is 0.489. The number of hydrogen-bond acceptors (Lipinski definition) is 5. The van der Waals surface area contributed by atoms with E-state index in [4.69, 9.17) is 4.98 Å². The second-order valence-electron chi connectivity index (χ2n) is 7.53. The standard InChI is InChI=1S/C24H20FN5O/c1-2-15(13-20-17-11-12-26-22(17)28-14-27-20)23-29-19-10-6-9-18(25)21(19)24(31)30(23)16-7-4-3-5-8-16/h3-10,12,14-15H,2,11,13H2,1H3/t15-/m1/s1. The SMILES string of the molecule is CC[C@H](Cc1ncnc2c1CC=N2)c1nc2cccc(F)c2c(=O)n1-c1ccccc1. The summed E-state index contributed by atoms with van der Waals surface area (Å²) >= 11 is 0. The molecule has 1 aliphatic heterocycles. The third-order valence-electron chi connectivity index (χ3n) is 5.71. The van der Waals surface area contributed by atoms with E-state index in [0.717, 1.165) is 17.7 Å². The van der Waals surface area contributed by atoms with Gasteiger partial charge in [-0.15, -0.1) is 0 Å². The fourth-order valence-electron chi connectivity index (χ4n) is 4.12. The van der Waals surface area contributed by atoms with E-state index in [9.17, 15) is 9.18 Å². The van der Waals surface area contributed by atoms with Gasteiger partial charge in [-0.3, -0.25) is 9.36 Å². The first-order chi connectivity index (χ1) is 15.2. The van der Waals surface area contributed by atoms with Crippen LogP contribution in [0.2, 0.25) is 0 Å². The molecule has 0 N–H and O–H groups in total. The van der Waals surface area contributed by atoms with E-state index in [-0.39, 0.29) is 11.3 Å². The molecule has 0 saturated heterocycles. The van der Waals surface area contributed by atoms with Crippen molar-refractivity contribution in [2.24, 2.45) is 4.99 Å². The average Bonchev–Trinajstić information content (AvgIpc) is 3.27. The molecule has 31 heavy (non-hydrogen) atoms. The molecule has 1 aliphatic rings. The van der Waals surface area contributed by atoms with Crippen molar-refractivity contribution >= 4 is 22.9 Å². The van der Waals surface area contributed by atoms with Crippen LogP contribution < -0.4 is 5.56 Å². The molecule has 0 amide bonds. The summed E-state index contributed by atoms with van der Waals surface area (Å²) in [7, 11) is 0. The van der Waals surface area contributed by atoms with Crippen LogP contribution in [0.25, 0.3) is 16.6 Å². The number of fused-ring (bicyclic) bond motifs is 2. The number of halogens is 1. The molecule has 5 rings (SSSR count). The molecule has 0 fully saturated rings. The highest BCUT2D eigenvalue weighted by Gasteiger charge is 2.24. The maximum atomic E-state index is 14.6. The topological polar surface area (TPSA) is 73.0 Å². The lowest BCUT2D eigenvalue weighted by atomic mass is 9.95. The molecule has 7 heteroatoms. The Labute approximate surface area is 178 Å². The molecule has 4 aromatic rings. The minimum Gasteiger partial charge on any atom is -0.268 e. The van der Waals surface area contributed by atoms with Crippen molar-refractivity contribution in [3.63, 3.8) is 0 Å². The molecule has 2 aromatic carbocycles. The van der Waals surface area contributed by atoms with Gasteiger partial charge in [-0.25, -0.2) is 24.3 Å². The van der Waals surface area contributed by atoms with Crippen LogP contribution in [0.15, 0.2) is 64.6 Å². The molecule has 0 saturated carbocycles. The Kier molecular flexibility index (Phi) is 4.86. The molecule has 154 valence electrons. The van der Waals surface area contributed by atoms with Crippen LogP contribution in [0.1, 0.15) is 36.3 Å². The van der Waals surface area contributed by atoms with Crippen LogP contribution in [0, 0.1) is 5.82 Å². The van der Waals surface area contributed by atoms with Crippen molar-refractivity contribution in [1.82, 2.24) is 19.5 Å². The van der Waals surface area contributed by atoms with Gasteiger partial charge in [0.25, 0.3) is 5.56 Å². The highest BCUT2D eigenvalue weighted by molar-refractivity contribution is 5.79. The lowest BCUT2D eigenvalue weighted by molar-refractivity contribution is 0.583. The number of hydrogen-bond donors (Lipinski definition) is 0. The van der Waals surface area contributed by atoms with Gasteiger partial charge in [-0.05, 0) is 30.7 Å². The molecule has 2 aromatic heterocycles. The van der Waals surface area contributed by atoms with Crippen LogP contribution in [0.5, 0.6) is 0 Å². The van der Waals surface area contributed by atoms with Gasteiger partial charge in [-0.1, -0.05) is 31.2 Å². The van der Waals surface area contributed by atoms with E-state index < -0.39 is 11.4 Å². The van der Waals surface area contributed by atoms with Gasteiger partial charge < -0.3 is 0 Å². The first-order valence-electron chi connectivity index (χ1n) is 10.3. The van der Waals surface area contributed by atoms with Crippen LogP contribution in [-0.4, -0.2) is 25.7 Å². The number of para-hydroxylation sites is 1. The highest BCUT2D eigenvalue weighted by atomic mass is 19.1. The zero-order chi connectivity index (χ0) is 21.4. The number of aliphatic imine (C=N–C) groups is 1. The Balaban J connectivity index is 1.71. The fraction of sp³-hybridized carbons (Fsp3) is 0.208. The van der Waals surface area contributed by atoms with Crippen molar-refractivity contribution in [2.45, 2.75) is 32.1 Å².